The van der Waals surface area contributed by atoms with Gasteiger partial charge in [0.25, 0.3) is 0 Å². The molecular formula is C9H11. The van der Waals surface area contributed by atoms with E-state index in [-0.39, 0.29) is 0 Å². The summed E-state index contributed by atoms with van der Waals surface area (Å²) in [4.78, 5) is 0. The van der Waals surface area contributed by atoms with E-state index in [1.165, 1.54) is 6.42 Å². The maximum absolute atomic E-state index is 3.13. The molecule has 0 unspecified atom stereocenters. The fraction of sp³-hybridized carbons (Fsp3) is 0.333. The van der Waals surface area contributed by atoms with Crippen molar-refractivity contribution in [3.8, 4) is 0 Å². The lowest BCUT2D eigenvalue weighted by Crippen LogP contribution is -1.61. The smallest absolute Gasteiger partial charge is 0.00946 e. The molecule has 1 aliphatic carbocycles. The maximum atomic E-state index is 3.13. The van der Waals surface area contributed by atoms with E-state index >= 15 is 0 Å². The van der Waals surface area contributed by atoms with Gasteiger partial charge in [-0.15, -0.1) is 0 Å². The minimum Gasteiger partial charge on any atom is -0.0879 e. The highest BCUT2D eigenvalue weighted by atomic mass is 13.8. The third-order valence-corrected chi connectivity index (χ3v) is 1.25. The zero-order chi connectivity index (χ0) is 6.36. The Balaban J connectivity index is 2.43. The van der Waals surface area contributed by atoms with Gasteiger partial charge in [0.2, 0.25) is 0 Å². The summed E-state index contributed by atoms with van der Waals surface area (Å²) < 4.78 is 0. The lowest BCUT2D eigenvalue weighted by Gasteiger charge is -1.81. The van der Waals surface area contributed by atoms with Gasteiger partial charge in [0.1, 0.15) is 0 Å². The standard InChI is InChI=1S/C9H11/c1-2-4-6-8-9-7-5-3-1/h1-3,8-9H,4,6-7H2/b2-1+,5-3?,9-8+. The van der Waals surface area contributed by atoms with E-state index in [0.29, 0.717) is 0 Å². The highest BCUT2D eigenvalue weighted by molar-refractivity contribution is 5.03. The number of hydrogen-bond donors (Lipinski definition) is 0. The zero-order valence-corrected chi connectivity index (χ0v) is 5.51. The second kappa shape index (κ2) is 4.13. The van der Waals surface area contributed by atoms with Crippen LogP contribution in [0.2, 0.25) is 0 Å². The Morgan fingerprint density at radius 3 is 2.89 bits per heavy atom. The average molecular weight is 119 g/mol. The van der Waals surface area contributed by atoms with Gasteiger partial charge in [0.15, 0.2) is 0 Å². The zero-order valence-electron chi connectivity index (χ0n) is 5.51. The third kappa shape index (κ3) is 2.91. The van der Waals surface area contributed by atoms with Gasteiger partial charge in [0.05, 0.1) is 0 Å². The van der Waals surface area contributed by atoms with Gasteiger partial charge in [-0.05, 0) is 25.3 Å². The van der Waals surface area contributed by atoms with Gasteiger partial charge in [-0.3, -0.25) is 0 Å². The number of rotatable bonds is 0. The van der Waals surface area contributed by atoms with Crippen molar-refractivity contribution < 1.29 is 0 Å². The van der Waals surface area contributed by atoms with E-state index in [0.717, 1.165) is 12.8 Å². The molecule has 47 valence electrons. The fourth-order valence-corrected chi connectivity index (χ4v) is 0.762. The first-order valence-electron chi connectivity index (χ1n) is 3.37. The van der Waals surface area contributed by atoms with Gasteiger partial charge >= 0.3 is 0 Å². The van der Waals surface area contributed by atoms with Gasteiger partial charge in [-0.1, -0.05) is 30.4 Å². The number of hydrogen-bond acceptors (Lipinski definition) is 0. The molecule has 0 amide bonds. The van der Waals surface area contributed by atoms with Crippen LogP contribution in [0, 0.1) is 6.08 Å². The molecule has 0 aromatic carbocycles. The second-order valence-corrected chi connectivity index (χ2v) is 2.05. The van der Waals surface area contributed by atoms with E-state index in [2.05, 4.69) is 30.4 Å². The summed E-state index contributed by atoms with van der Waals surface area (Å²) in [5.74, 6) is 0. The molecule has 0 saturated carbocycles. The predicted octanol–water partition coefficient (Wildman–Crippen LogP) is 2.64. The highest BCUT2D eigenvalue weighted by Gasteiger charge is 1.78. The second-order valence-electron chi connectivity index (χ2n) is 2.05. The van der Waals surface area contributed by atoms with Crippen LogP contribution in [0.3, 0.4) is 0 Å². The Labute approximate surface area is 56.6 Å². The van der Waals surface area contributed by atoms with Crippen molar-refractivity contribution >= 4 is 0 Å². The Hall–Kier alpha value is -0.780. The number of allylic oxidation sites excluding steroid dienone is 6. The summed E-state index contributed by atoms with van der Waals surface area (Å²) >= 11 is 0. The topological polar surface area (TPSA) is 0 Å². The van der Waals surface area contributed by atoms with Crippen molar-refractivity contribution in [2.75, 3.05) is 0 Å². The van der Waals surface area contributed by atoms with Gasteiger partial charge in [0, 0.05) is 0 Å². The fourth-order valence-electron chi connectivity index (χ4n) is 0.762. The van der Waals surface area contributed by atoms with E-state index in [1.54, 1.807) is 0 Å². The molecule has 0 aromatic rings. The molecule has 0 heterocycles. The molecule has 0 aromatic heterocycles. The first-order chi connectivity index (χ1) is 4.50. The molecule has 1 aliphatic rings. The Bertz CT molecular complexity index is 138. The summed E-state index contributed by atoms with van der Waals surface area (Å²) in [5, 5.41) is 0. The molecule has 0 saturated heterocycles. The molecule has 1 radical (unpaired) electrons. The lowest BCUT2D eigenvalue weighted by atomic mass is 10.3. The highest BCUT2D eigenvalue weighted by Crippen LogP contribution is 1.97. The molecule has 0 aliphatic heterocycles. The quantitative estimate of drug-likeness (QED) is 0.430. The van der Waals surface area contributed by atoms with Crippen LogP contribution in [0.1, 0.15) is 19.3 Å². The minimum absolute atomic E-state index is 0.963. The van der Waals surface area contributed by atoms with E-state index in [1.807, 2.05) is 6.08 Å². The normalized spacial score (nSPS) is 29.3. The van der Waals surface area contributed by atoms with Crippen LogP contribution in [0.15, 0.2) is 30.4 Å². The van der Waals surface area contributed by atoms with Crippen LogP contribution in [-0.2, 0) is 0 Å². The Morgan fingerprint density at radius 1 is 1.00 bits per heavy atom. The van der Waals surface area contributed by atoms with Crippen molar-refractivity contribution in [3.63, 3.8) is 0 Å². The molecule has 0 N–H and O–H groups in total. The molecule has 0 nitrogen and oxygen atoms in total. The molecule has 0 spiro atoms. The first kappa shape index (κ1) is 6.34. The first-order valence-corrected chi connectivity index (χ1v) is 3.37. The van der Waals surface area contributed by atoms with Crippen molar-refractivity contribution in [1.82, 2.24) is 0 Å². The Morgan fingerprint density at radius 2 is 1.89 bits per heavy atom. The van der Waals surface area contributed by atoms with Gasteiger partial charge in [-0.2, -0.15) is 0 Å². The molecule has 0 fully saturated rings. The van der Waals surface area contributed by atoms with Crippen LogP contribution in [-0.4, -0.2) is 0 Å². The van der Waals surface area contributed by atoms with Crippen LogP contribution >= 0.6 is 0 Å². The summed E-state index contributed by atoms with van der Waals surface area (Å²) in [7, 11) is 0. The Kier molecular flexibility index (Phi) is 2.91. The van der Waals surface area contributed by atoms with Crippen LogP contribution in [0.25, 0.3) is 0 Å². The van der Waals surface area contributed by atoms with Crippen molar-refractivity contribution in [3.05, 3.63) is 36.5 Å². The van der Waals surface area contributed by atoms with Crippen LogP contribution in [0.5, 0.6) is 0 Å². The molecule has 0 atom stereocenters. The molecule has 9 heavy (non-hydrogen) atoms. The molecule has 0 heteroatoms. The van der Waals surface area contributed by atoms with Gasteiger partial charge in [-0.25, -0.2) is 0 Å². The summed E-state index contributed by atoms with van der Waals surface area (Å²) in [6.45, 7) is 0. The van der Waals surface area contributed by atoms with Crippen LogP contribution < -0.4 is 0 Å². The lowest BCUT2D eigenvalue weighted by molar-refractivity contribution is 1.05. The van der Waals surface area contributed by atoms with Gasteiger partial charge < -0.3 is 0 Å². The van der Waals surface area contributed by atoms with Crippen molar-refractivity contribution in [2.45, 2.75) is 19.3 Å². The minimum atomic E-state index is 0.963. The molecule has 1 rings (SSSR count). The average Bonchev–Trinajstić information content (AvgIpc) is 2.00. The predicted molar refractivity (Wildman–Crippen MR) is 39.9 cm³/mol. The summed E-state index contributed by atoms with van der Waals surface area (Å²) in [6, 6.07) is 0. The maximum Gasteiger partial charge on any atom is -0.00946 e. The van der Waals surface area contributed by atoms with Crippen LogP contribution in [0.4, 0.5) is 0 Å². The third-order valence-electron chi connectivity index (χ3n) is 1.25. The van der Waals surface area contributed by atoms with E-state index < -0.39 is 0 Å². The molecule has 0 bridgehead atoms. The van der Waals surface area contributed by atoms with Crippen molar-refractivity contribution in [1.29, 1.82) is 0 Å². The molecular weight excluding hydrogens is 108 g/mol. The van der Waals surface area contributed by atoms with Crippen molar-refractivity contribution in [2.24, 2.45) is 0 Å². The largest absolute Gasteiger partial charge is 0.0879 e. The summed E-state index contributed by atoms with van der Waals surface area (Å²) in [6.07, 6.45) is 17.0. The monoisotopic (exact) mass is 119 g/mol. The SMILES string of the molecule is [C]1=C\C=C\CC/C=C/C/1. The van der Waals surface area contributed by atoms with E-state index in [9.17, 15) is 0 Å². The summed E-state index contributed by atoms with van der Waals surface area (Å²) in [5.41, 5.74) is 0. The van der Waals surface area contributed by atoms with E-state index in [4.69, 9.17) is 0 Å².